The molecule has 4 N–H and O–H groups in total. The van der Waals surface area contributed by atoms with Crippen LogP contribution in [0.25, 0.3) is 0 Å². The fraction of sp³-hybridized carbons (Fsp3) is 0.296. The average Bonchev–Trinajstić information content (AvgIpc) is 2.77. The molecular weight excluding hydrogens is 478 g/mol. The van der Waals surface area contributed by atoms with E-state index in [1.165, 1.54) is 16.7 Å². The molecule has 1 atom stereocenters. The number of nitrogens with one attached hydrogen (secondary N) is 1. The van der Waals surface area contributed by atoms with E-state index in [1.807, 2.05) is 44.3 Å². The zero-order valence-electron chi connectivity index (χ0n) is 19.7. The Labute approximate surface area is 204 Å². The standard InChI is InChI=1S/C27H32BrN3O2/c1-17-9-10-19(13-21(17)16-31(4)15-20-7-5-6-8-24(20)28)23(14-26(32)33)22-11-12-25(30-3)27(29)18(22)2/h5-13,23,30H,14-16,29H2,1-4H3,(H,32,33). The van der Waals surface area contributed by atoms with E-state index in [2.05, 4.69) is 64.4 Å². The molecule has 0 aliphatic heterocycles. The number of aliphatic carboxylic acids is 1. The van der Waals surface area contributed by atoms with Gasteiger partial charge in [-0.2, -0.15) is 0 Å². The van der Waals surface area contributed by atoms with Crippen LogP contribution in [0, 0.1) is 13.8 Å². The minimum absolute atomic E-state index is 0.00842. The number of nitrogens with two attached hydrogens (primary N) is 1. The number of carbonyl (C=O) groups is 1. The fourth-order valence-corrected chi connectivity index (χ4v) is 4.68. The number of nitrogens with zero attached hydrogens (tertiary/aromatic N) is 1. The van der Waals surface area contributed by atoms with E-state index < -0.39 is 5.97 Å². The number of hydrogen-bond donors (Lipinski definition) is 3. The SMILES string of the molecule is CNc1ccc(C(CC(=O)O)c2ccc(C)c(CN(C)Cc3ccccc3Br)c2)c(C)c1N. The number of nitrogen functional groups attached to an aromatic ring is 1. The van der Waals surface area contributed by atoms with Crippen LogP contribution >= 0.6 is 15.9 Å². The predicted molar refractivity (Wildman–Crippen MR) is 140 cm³/mol. The fourth-order valence-electron chi connectivity index (χ4n) is 4.27. The molecule has 33 heavy (non-hydrogen) atoms. The van der Waals surface area contributed by atoms with Gasteiger partial charge in [0.25, 0.3) is 0 Å². The zero-order chi connectivity index (χ0) is 24.1. The van der Waals surface area contributed by atoms with E-state index in [0.29, 0.717) is 5.69 Å². The van der Waals surface area contributed by atoms with E-state index >= 15 is 0 Å². The Balaban J connectivity index is 1.93. The maximum atomic E-state index is 11.8. The summed E-state index contributed by atoms with van der Waals surface area (Å²) in [5, 5.41) is 12.8. The summed E-state index contributed by atoms with van der Waals surface area (Å²) < 4.78 is 1.10. The molecule has 0 aliphatic rings. The highest BCUT2D eigenvalue weighted by Crippen LogP contribution is 2.36. The van der Waals surface area contributed by atoms with Gasteiger partial charge in [-0.3, -0.25) is 9.69 Å². The molecule has 0 saturated heterocycles. The van der Waals surface area contributed by atoms with Gasteiger partial charge in [-0.1, -0.05) is 58.4 Å². The molecule has 0 fully saturated rings. The summed E-state index contributed by atoms with van der Waals surface area (Å²) in [5.74, 6) is -1.10. The molecule has 3 aromatic rings. The minimum atomic E-state index is -0.830. The first kappa shape index (κ1) is 24.8. The maximum absolute atomic E-state index is 11.8. The third-order valence-electron chi connectivity index (χ3n) is 6.19. The molecule has 0 saturated carbocycles. The van der Waals surface area contributed by atoms with Crippen LogP contribution in [0.15, 0.2) is 59.1 Å². The molecule has 1 unspecified atom stereocenters. The van der Waals surface area contributed by atoms with E-state index in [0.717, 1.165) is 39.9 Å². The van der Waals surface area contributed by atoms with Crippen molar-refractivity contribution in [3.05, 3.63) is 92.5 Å². The molecule has 0 amide bonds. The lowest BCUT2D eigenvalue weighted by molar-refractivity contribution is -0.137. The van der Waals surface area contributed by atoms with Crippen LogP contribution in [0.4, 0.5) is 11.4 Å². The van der Waals surface area contributed by atoms with Crippen molar-refractivity contribution in [2.24, 2.45) is 0 Å². The molecule has 174 valence electrons. The molecule has 0 spiro atoms. The molecular formula is C27H32BrN3O2. The Hall–Kier alpha value is -2.83. The van der Waals surface area contributed by atoms with E-state index in [1.54, 1.807) is 0 Å². The molecule has 0 heterocycles. The summed E-state index contributed by atoms with van der Waals surface area (Å²) in [6.45, 7) is 5.63. The summed E-state index contributed by atoms with van der Waals surface area (Å²) in [5.41, 5.74) is 14.3. The van der Waals surface area contributed by atoms with Crippen molar-refractivity contribution in [3.63, 3.8) is 0 Å². The largest absolute Gasteiger partial charge is 0.481 e. The molecule has 3 aromatic carbocycles. The summed E-state index contributed by atoms with van der Waals surface area (Å²) in [6.07, 6.45) is 0.00842. The first-order valence-corrected chi connectivity index (χ1v) is 11.8. The molecule has 0 aromatic heterocycles. The van der Waals surface area contributed by atoms with Crippen molar-refractivity contribution in [3.8, 4) is 0 Å². The first-order chi connectivity index (χ1) is 15.7. The second-order valence-corrected chi connectivity index (χ2v) is 9.45. The molecule has 3 rings (SSSR count). The van der Waals surface area contributed by atoms with Crippen molar-refractivity contribution in [2.45, 2.75) is 39.3 Å². The van der Waals surface area contributed by atoms with Gasteiger partial charge in [0.15, 0.2) is 0 Å². The van der Waals surface area contributed by atoms with Crippen LogP contribution in [0.3, 0.4) is 0 Å². The Morgan fingerprint density at radius 1 is 1.09 bits per heavy atom. The van der Waals surface area contributed by atoms with Gasteiger partial charge in [-0.05, 0) is 66.4 Å². The highest BCUT2D eigenvalue weighted by atomic mass is 79.9. The lowest BCUT2D eigenvalue weighted by atomic mass is 9.84. The van der Waals surface area contributed by atoms with Crippen molar-refractivity contribution in [2.75, 3.05) is 25.1 Å². The van der Waals surface area contributed by atoms with Crippen molar-refractivity contribution >= 4 is 33.3 Å². The minimum Gasteiger partial charge on any atom is -0.481 e. The van der Waals surface area contributed by atoms with Crippen LogP contribution < -0.4 is 11.1 Å². The van der Waals surface area contributed by atoms with Crippen LogP contribution in [-0.4, -0.2) is 30.1 Å². The van der Waals surface area contributed by atoms with Gasteiger partial charge in [0.1, 0.15) is 0 Å². The summed E-state index contributed by atoms with van der Waals surface area (Å²) in [7, 11) is 3.93. The number of anilines is 2. The highest BCUT2D eigenvalue weighted by molar-refractivity contribution is 9.10. The molecule has 6 heteroatoms. The van der Waals surface area contributed by atoms with Crippen molar-refractivity contribution < 1.29 is 9.90 Å². The van der Waals surface area contributed by atoms with Crippen LogP contribution in [0.5, 0.6) is 0 Å². The van der Waals surface area contributed by atoms with Gasteiger partial charge < -0.3 is 16.2 Å². The number of rotatable bonds is 9. The maximum Gasteiger partial charge on any atom is 0.304 e. The summed E-state index contributed by atoms with van der Waals surface area (Å²) >= 11 is 3.63. The first-order valence-electron chi connectivity index (χ1n) is 11.0. The van der Waals surface area contributed by atoms with Gasteiger partial charge in [0.05, 0.1) is 17.8 Å². The smallest absolute Gasteiger partial charge is 0.304 e. The number of benzene rings is 3. The van der Waals surface area contributed by atoms with Gasteiger partial charge in [-0.15, -0.1) is 0 Å². The normalized spacial score (nSPS) is 12.1. The van der Waals surface area contributed by atoms with Crippen LogP contribution in [-0.2, 0) is 17.9 Å². The second-order valence-electron chi connectivity index (χ2n) is 8.59. The Morgan fingerprint density at radius 2 is 1.79 bits per heavy atom. The quantitative estimate of drug-likeness (QED) is 0.311. The third-order valence-corrected chi connectivity index (χ3v) is 6.97. The predicted octanol–water partition coefficient (Wildman–Crippen LogP) is 5.93. The average molecular weight is 510 g/mol. The second kappa shape index (κ2) is 10.9. The van der Waals surface area contributed by atoms with Gasteiger partial charge >= 0.3 is 5.97 Å². The number of carboxylic acid groups (broad SMARTS) is 1. The molecule has 0 radical (unpaired) electrons. The van der Waals surface area contributed by atoms with Gasteiger partial charge in [0, 0.05) is 30.5 Å². The molecule has 0 bridgehead atoms. The van der Waals surface area contributed by atoms with Crippen LogP contribution in [0.1, 0.15) is 45.7 Å². The van der Waals surface area contributed by atoms with Gasteiger partial charge in [-0.25, -0.2) is 0 Å². The summed E-state index contributed by atoms with van der Waals surface area (Å²) in [4.78, 5) is 14.1. The monoisotopic (exact) mass is 509 g/mol. The van der Waals surface area contributed by atoms with Crippen LogP contribution in [0.2, 0.25) is 0 Å². The van der Waals surface area contributed by atoms with Crippen molar-refractivity contribution in [1.29, 1.82) is 0 Å². The number of aryl methyl sites for hydroxylation is 1. The number of halogens is 1. The van der Waals surface area contributed by atoms with E-state index in [9.17, 15) is 9.90 Å². The zero-order valence-corrected chi connectivity index (χ0v) is 21.2. The lowest BCUT2D eigenvalue weighted by Gasteiger charge is -2.23. The van der Waals surface area contributed by atoms with E-state index in [4.69, 9.17) is 5.73 Å². The van der Waals surface area contributed by atoms with Crippen molar-refractivity contribution in [1.82, 2.24) is 4.90 Å². The Bertz CT molecular complexity index is 1150. The van der Waals surface area contributed by atoms with E-state index in [-0.39, 0.29) is 12.3 Å². The number of hydrogen-bond acceptors (Lipinski definition) is 4. The summed E-state index contributed by atoms with van der Waals surface area (Å²) in [6, 6.07) is 18.4. The Morgan fingerprint density at radius 3 is 2.45 bits per heavy atom. The number of carboxylic acids is 1. The highest BCUT2D eigenvalue weighted by Gasteiger charge is 2.22. The molecule has 0 aliphatic carbocycles. The Kier molecular flexibility index (Phi) is 8.16. The topological polar surface area (TPSA) is 78.6 Å². The third kappa shape index (κ3) is 5.95. The lowest BCUT2D eigenvalue weighted by Crippen LogP contribution is -2.19. The molecule has 5 nitrogen and oxygen atoms in total. The van der Waals surface area contributed by atoms with Gasteiger partial charge in [0.2, 0.25) is 0 Å².